The van der Waals surface area contributed by atoms with E-state index in [4.69, 9.17) is 75.3 Å². The Balaban J connectivity index is 1.85. The van der Waals surface area contributed by atoms with E-state index in [-0.39, 0.29) is 43.6 Å². The number of hydrogen-bond donors (Lipinski definition) is 1. The van der Waals surface area contributed by atoms with Crippen LogP contribution in [0.1, 0.15) is 12.8 Å². The fourth-order valence-corrected chi connectivity index (χ4v) is 3.70. The molecule has 3 heterocycles. The Morgan fingerprint density at radius 2 is 0.848 bits per heavy atom. The van der Waals surface area contributed by atoms with Crippen molar-refractivity contribution in [2.75, 3.05) is 36.0 Å². The standard InChI is InChI=1S/C15H14Cl6N12/c16-7-23-8(17)27-13(26-7)32(4-1-3-22)5-2-6-33(14-28-9(18)24-10(19)29-14)15-30-11(20)25-12(21)31-15/h1-6,22H2. The highest BCUT2D eigenvalue weighted by Crippen LogP contribution is 2.23. The van der Waals surface area contributed by atoms with Crippen molar-refractivity contribution < 1.29 is 0 Å². The van der Waals surface area contributed by atoms with Gasteiger partial charge in [-0.15, -0.1) is 0 Å². The van der Waals surface area contributed by atoms with Crippen LogP contribution in [-0.4, -0.2) is 71.0 Å². The Labute approximate surface area is 217 Å². The van der Waals surface area contributed by atoms with E-state index in [1.807, 2.05) is 4.90 Å². The molecule has 3 aromatic heterocycles. The van der Waals surface area contributed by atoms with Gasteiger partial charge in [-0.25, -0.2) is 0 Å². The first-order valence-corrected chi connectivity index (χ1v) is 11.5. The molecule has 18 heteroatoms. The SMILES string of the molecule is NCCCN(CCCN(c1nc(Cl)nc(Cl)n1)c1nc(Cl)nc(Cl)n1)c1nc(Cl)nc(Cl)n1. The molecule has 0 unspecified atom stereocenters. The normalized spacial score (nSPS) is 11.0. The molecule has 3 rings (SSSR count). The third-order valence-electron chi connectivity index (χ3n) is 3.91. The van der Waals surface area contributed by atoms with E-state index in [1.165, 1.54) is 4.90 Å². The van der Waals surface area contributed by atoms with E-state index >= 15 is 0 Å². The van der Waals surface area contributed by atoms with Crippen LogP contribution < -0.4 is 15.5 Å². The van der Waals surface area contributed by atoms with Crippen LogP contribution in [-0.2, 0) is 0 Å². The van der Waals surface area contributed by atoms with Crippen LogP contribution in [0.15, 0.2) is 0 Å². The van der Waals surface area contributed by atoms with Gasteiger partial charge in [-0.2, -0.15) is 44.9 Å². The third kappa shape index (κ3) is 7.67. The van der Waals surface area contributed by atoms with E-state index < -0.39 is 0 Å². The van der Waals surface area contributed by atoms with Crippen molar-refractivity contribution >= 4 is 87.5 Å². The molecule has 0 bridgehead atoms. The summed E-state index contributed by atoms with van der Waals surface area (Å²) in [7, 11) is 0. The van der Waals surface area contributed by atoms with Gasteiger partial charge in [-0.1, -0.05) is 0 Å². The van der Waals surface area contributed by atoms with E-state index in [2.05, 4.69) is 44.9 Å². The summed E-state index contributed by atoms with van der Waals surface area (Å²) in [5.74, 6) is 0.508. The van der Waals surface area contributed by atoms with Gasteiger partial charge in [0.15, 0.2) is 0 Å². The maximum atomic E-state index is 5.95. The van der Waals surface area contributed by atoms with Crippen LogP contribution >= 0.6 is 69.6 Å². The number of anilines is 3. The average Bonchev–Trinajstić information content (AvgIpc) is 2.71. The molecule has 3 aromatic rings. The number of halogens is 6. The summed E-state index contributed by atoms with van der Waals surface area (Å²) in [4.78, 5) is 39.3. The van der Waals surface area contributed by atoms with Crippen LogP contribution in [0.3, 0.4) is 0 Å². The predicted molar refractivity (Wildman–Crippen MR) is 127 cm³/mol. The zero-order valence-electron chi connectivity index (χ0n) is 16.5. The van der Waals surface area contributed by atoms with Crippen LogP contribution in [0.4, 0.5) is 17.8 Å². The molecule has 0 amide bonds. The quantitative estimate of drug-likeness (QED) is 0.377. The molecule has 0 saturated carbocycles. The number of hydrogen-bond acceptors (Lipinski definition) is 12. The molecule has 0 aliphatic rings. The predicted octanol–water partition coefficient (Wildman–Crippen LogP) is 3.55. The Morgan fingerprint density at radius 1 is 0.485 bits per heavy atom. The van der Waals surface area contributed by atoms with Crippen LogP contribution in [0.5, 0.6) is 0 Å². The number of aromatic nitrogens is 9. The van der Waals surface area contributed by atoms with E-state index in [9.17, 15) is 0 Å². The van der Waals surface area contributed by atoms with Gasteiger partial charge in [0.05, 0.1) is 0 Å². The van der Waals surface area contributed by atoms with Gasteiger partial charge in [-0.3, -0.25) is 4.90 Å². The topological polar surface area (TPSA) is 149 Å². The van der Waals surface area contributed by atoms with Crippen molar-refractivity contribution in [2.45, 2.75) is 12.8 Å². The van der Waals surface area contributed by atoms with Gasteiger partial charge in [0, 0.05) is 19.6 Å². The van der Waals surface area contributed by atoms with Gasteiger partial charge in [0.25, 0.3) is 0 Å². The molecule has 0 saturated heterocycles. The summed E-state index contributed by atoms with van der Waals surface area (Å²) in [6.45, 7) is 1.78. The second-order valence-corrected chi connectivity index (χ2v) is 8.18. The second kappa shape index (κ2) is 12.2. The molecular weight excluding hydrogens is 561 g/mol. The third-order valence-corrected chi connectivity index (χ3v) is 4.93. The van der Waals surface area contributed by atoms with Crippen molar-refractivity contribution in [3.63, 3.8) is 0 Å². The monoisotopic (exact) mass is 572 g/mol. The van der Waals surface area contributed by atoms with Crippen molar-refractivity contribution in [3.8, 4) is 0 Å². The highest BCUT2D eigenvalue weighted by atomic mass is 35.5. The first-order valence-electron chi connectivity index (χ1n) is 9.19. The first-order chi connectivity index (χ1) is 15.7. The largest absolute Gasteiger partial charge is 0.341 e. The van der Waals surface area contributed by atoms with Gasteiger partial charge in [0.2, 0.25) is 49.5 Å². The molecule has 0 radical (unpaired) electrons. The van der Waals surface area contributed by atoms with Crippen molar-refractivity contribution in [2.24, 2.45) is 5.73 Å². The van der Waals surface area contributed by atoms with Crippen molar-refractivity contribution in [3.05, 3.63) is 31.7 Å². The lowest BCUT2D eigenvalue weighted by Crippen LogP contribution is -2.32. The second-order valence-electron chi connectivity index (χ2n) is 6.15. The zero-order chi connectivity index (χ0) is 24.0. The van der Waals surface area contributed by atoms with Crippen LogP contribution in [0.25, 0.3) is 0 Å². The molecule has 0 aliphatic heterocycles. The average molecular weight is 575 g/mol. The maximum absolute atomic E-state index is 5.95. The Morgan fingerprint density at radius 3 is 1.24 bits per heavy atom. The number of nitrogens with two attached hydrogens (primary N) is 1. The summed E-state index contributed by atoms with van der Waals surface area (Å²) >= 11 is 35.7. The molecule has 33 heavy (non-hydrogen) atoms. The lowest BCUT2D eigenvalue weighted by Gasteiger charge is -2.25. The Kier molecular flexibility index (Phi) is 9.56. The fraction of sp³-hybridized carbons (Fsp3) is 0.400. The molecule has 0 aliphatic carbocycles. The van der Waals surface area contributed by atoms with Crippen LogP contribution in [0.2, 0.25) is 31.7 Å². The summed E-state index contributed by atoms with van der Waals surface area (Å²) in [5, 5.41) is -0.484. The molecule has 2 N–H and O–H groups in total. The van der Waals surface area contributed by atoms with E-state index in [0.29, 0.717) is 45.0 Å². The maximum Gasteiger partial charge on any atom is 0.237 e. The number of rotatable bonds is 10. The highest BCUT2D eigenvalue weighted by Gasteiger charge is 2.20. The minimum absolute atomic E-state index is 0.0201. The Bertz CT molecular complexity index is 993. The lowest BCUT2D eigenvalue weighted by atomic mass is 10.3. The minimum Gasteiger partial charge on any atom is -0.341 e. The smallest absolute Gasteiger partial charge is 0.237 e. The molecule has 176 valence electrons. The summed E-state index contributed by atoms with van der Waals surface area (Å²) in [5.41, 5.74) is 5.67. The van der Waals surface area contributed by atoms with Crippen molar-refractivity contribution in [1.82, 2.24) is 44.9 Å². The van der Waals surface area contributed by atoms with E-state index in [1.54, 1.807) is 0 Å². The Hall–Kier alpha value is -1.67. The van der Waals surface area contributed by atoms with Crippen molar-refractivity contribution in [1.29, 1.82) is 0 Å². The molecule has 0 atom stereocenters. The van der Waals surface area contributed by atoms with Gasteiger partial charge in [-0.05, 0) is 89.0 Å². The molecule has 0 aromatic carbocycles. The molecule has 0 spiro atoms. The molecule has 12 nitrogen and oxygen atoms in total. The highest BCUT2D eigenvalue weighted by molar-refractivity contribution is 6.32. The fourth-order valence-electron chi connectivity index (χ4n) is 2.63. The molecule has 0 fully saturated rings. The summed E-state index contributed by atoms with van der Waals surface area (Å²) in [6.07, 6.45) is 1.19. The van der Waals surface area contributed by atoms with E-state index in [0.717, 1.165) is 0 Å². The van der Waals surface area contributed by atoms with Gasteiger partial charge < -0.3 is 10.6 Å². The molecular formula is C15H14Cl6N12. The first kappa shape index (κ1) is 25.9. The summed E-state index contributed by atoms with van der Waals surface area (Å²) in [6, 6.07) is 0. The van der Waals surface area contributed by atoms with Gasteiger partial charge in [0.1, 0.15) is 0 Å². The van der Waals surface area contributed by atoms with Gasteiger partial charge >= 0.3 is 0 Å². The lowest BCUT2D eigenvalue weighted by molar-refractivity contribution is 0.671. The zero-order valence-corrected chi connectivity index (χ0v) is 21.0. The number of nitrogens with zero attached hydrogens (tertiary/aromatic N) is 11. The van der Waals surface area contributed by atoms with Crippen LogP contribution in [0, 0.1) is 0 Å². The summed E-state index contributed by atoms with van der Waals surface area (Å²) < 4.78 is 0. The minimum atomic E-state index is -0.111.